The summed E-state index contributed by atoms with van der Waals surface area (Å²) in [4.78, 5) is 151. The Morgan fingerprint density at radius 3 is 0.702 bits per heavy atom. The third kappa shape index (κ3) is 79.2. The van der Waals surface area contributed by atoms with Gasteiger partial charge in [0.15, 0.2) is 46.3 Å². The van der Waals surface area contributed by atoms with Gasteiger partial charge in [0.25, 0.3) is 0 Å². The van der Waals surface area contributed by atoms with Crippen molar-refractivity contribution in [1.82, 2.24) is 41.7 Å². The summed E-state index contributed by atoms with van der Waals surface area (Å²) in [6, 6.07) is -1.47. The van der Waals surface area contributed by atoms with Crippen molar-refractivity contribution >= 4 is 69.8 Å². The van der Waals surface area contributed by atoms with Gasteiger partial charge in [-0.25, -0.2) is 0 Å². The predicted octanol–water partition coefficient (Wildman–Crippen LogP) is 26.2. The van der Waals surface area contributed by atoms with Crippen molar-refractivity contribution in [3.8, 4) is 0 Å². The van der Waals surface area contributed by atoms with Crippen LogP contribution in [0.3, 0.4) is 0 Å². The van der Waals surface area contributed by atoms with Crippen molar-refractivity contribution in [2.45, 2.75) is 582 Å². The van der Waals surface area contributed by atoms with E-state index in [9.17, 15) is 57.5 Å². The van der Waals surface area contributed by atoms with Crippen LogP contribution in [0.4, 0.5) is 0 Å². The van der Waals surface area contributed by atoms with Gasteiger partial charge in [-0.15, -0.1) is 0 Å². The molecule has 0 aromatic heterocycles. The molecule has 0 aliphatic carbocycles. The Labute approximate surface area is 872 Å². The molecule has 22 nitrogen and oxygen atoms in total. The number of nitrogens with zero attached hydrogens (tertiary/aromatic N) is 2. The first-order chi connectivity index (χ1) is 60.7. The molecule has 0 rings (SSSR count). The van der Waals surface area contributed by atoms with Gasteiger partial charge in [0.05, 0.1) is 48.1 Å². The van der Waals surface area contributed by atoms with E-state index in [0.29, 0.717) is 69.2 Å². The Balaban J connectivity index is -0.000000244. The molecule has 4 atom stereocenters. The second-order valence-electron chi connectivity index (χ2n) is 61.2. The quantitative estimate of drug-likeness (QED) is 0.0195. The SMILES string of the molecule is C.CC(C)(C)C(=O)CN(CC(=O)C(C)(C)C)C(C)(C)C.CC(C)(C)C(=O)OCCN(CCOC(=O)C(C)(C)C)C(C)(C)C.CC(C)(C)CCCCC(NC(C)(C)C)C(=O)C(C)(C)C.CC(C)(C)NC(C(=O)C(C)(C)C)C(=O)C(C)(C)C.CC(C)(C)NC(CC(=O)C(C)(C)C)C(=O)C(C)(C)C.CC(C)(C)NC(CCC(=O)C(C)(C)C)C(=O)C(C)(C)C.CC(C)(C)NCCCCC(NC(C)(C)C)C(=O)C(C)(C)C. The van der Waals surface area contributed by atoms with E-state index in [-0.39, 0.29) is 162 Å². The Kier molecular flexibility index (Phi) is 63.5. The Bertz CT molecular complexity index is 3650. The number of nitrogens with one attached hydrogen (secondary N) is 6. The Morgan fingerprint density at radius 1 is 0.241 bits per heavy atom. The number of rotatable bonds is 35. The second kappa shape index (κ2) is 59.1. The normalized spacial score (nSPS) is 14.4. The number of unbranched alkanes of at least 4 members (excludes halogenated alkanes) is 2. The number of carbonyl (C=O) groups is 12. The first-order valence-corrected chi connectivity index (χ1v) is 52.6. The minimum absolute atomic E-state index is 0. The summed E-state index contributed by atoms with van der Waals surface area (Å²) in [5.41, 5.74) is -5.28. The monoisotopic (exact) mass is 2000 g/mol. The first-order valence-electron chi connectivity index (χ1n) is 52.6. The maximum atomic E-state index is 12.6. The lowest BCUT2D eigenvalue weighted by molar-refractivity contribution is -0.155. The molecular formula is C119H238N8O14. The molecule has 0 bridgehead atoms. The van der Waals surface area contributed by atoms with Crippen LogP contribution in [0.15, 0.2) is 0 Å². The second-order valence-corrected chi connectivity index (χ2v) is 61.2. The molecule has 838 valence electrons. The average Bonchev–Trinajstić information content (AvgIpc) is 0.790. The number of carbonyl (C=O) groups excluding carboxylic acids is 12. The summed E-state index contributed by atoms with van der Waals surface area (Å²) in [6.07, 6.45) is 8.85. The topological polar surface area (TPSA) is 302 Å². The summed E-state index contributed by atoms with van der Waals surface area (Å²) in [5, 5.41) is 20.3. The number of hydrogen-bond donors (Lipinski definition) is 6. The van der Waals surface area contributed by atoms with Crippen molar-refractivity contribution in [3.63, 3.8) is 0 Å². The molecule has 0 heterocycles. The van der Waals surface area contributed by atoms with Gasteiger partial charge in [0.1, 0.15) is 30.8 Å². The fourth-order valence-corrected chi connectivity index (χ4v) is 12.9. The minimum Gasteiger partial charge on any atom is -0.464 e. The number of ketones is 10. The average molecular weight is 2010 g/mol. The highest BCUT2D eigenvalue weighted by Crippen LogP contribution is 2.33. The van der Waals surface area contributed by atoms with Gasteiger partial charge in [-0.3, -0.25) is 72.7 Å². The highest BCUT2D eigenvalue weighted by atomic mass is 16.5. The van der Waals surface area contributed by atoms with Gasteiger partial charge < -0.3 is 36.1 Å². The van der Waals surface area contributed by atoms with Gasteiger partial charge in [-0.05, 0) is 252 Å². The standard InChI is InChI=1S/C18H38N2O.C18H35NO4.C18H37NO.C17H33NO2.2C16H31NO2.C15H29NO2.CH4/c1-16(2,3)15(21)14(20-18(7,8)9)12-10-11-13-19-17(4,5)6;1-16(2,3)14(20)22-12-10-19(18(7,8)9)11-13-23-15(21)17(4,5)6;1-16(2,3)13-11-10-12-14(19-18(7,8)9)15(20)17(4,5)6;1-15(2,3)13(19)11-10-12(18-17(7,8)9)14(20)16(4,5)6;1-14(2,3)12(18)10-17(16(7,8)9)11-13(19)15(4,5)6;1-14(2,3)12(18)10-11(17-16(7,8)9)13(19)15(4,5)6;1-13(2,3)11(17)10(16-15(7,8)9)12(18)14(4,5)6;/h14,19-20H,10-13H2,1-9H3;10-13H2,1-9H3;14,19H,10-13H2,1-9H3;12,18H,10-11H2,1-9H3;10-11H2,1-9H3;11,17H,10H2,1-9H3;10,16H,1-9H3;1H4. The Morgan fingerprint density at radius 2 is 0.482 bits per heavy atom. The van der Waals surface area contributed by atoms with Crippen LogP contribution < -0.4 is 31.9 Å². The molecule has 4 unspecified atom stereocenters. The van der Waals surface area contributed by atoms with Gasteiger partial charge in [-0.2, -0.15) is 0 Å². The molecular weight excluding hydrogens is 1770 g/mol. The van der Waals surface area contributed by atoms with Crippen LogP contribution in [0.1, 0.15) is 508 Å². The van der Waals surface area contributed by atoms with E-state index >= 15 is 0 Å². The molecule has 0 aliphatic rings. The van der Waals surface area contributed by atoms with Crippen molar-refractivity contribution in [2.75, 3.05) is 45.9 Å². The molecule has 0 aromatic carbocycles. The lowest BCUT2D eigenvalue weighted by Gasteiger charge is -2.37. The van der Waals surface area contributed by atoms with Gasteiger partial charge >= 0.3 is 11.9 Å². The van der Waals surface area contributed by atoms with E-state index in [1.165, 1.54) is 12.8 Å². The summed E-state index contributed by atoms with van der Waals surface area (Å²) in [5.74, 6) is 1.10. The zero-order chi connectivity index (χ0) is 114. The number of ether oxygens (including phenoxy) is 2. The van der Waals surface area contributed by atoms with E-state index in [1.807, 2.05) is 337 Å². The van der Waals surface area contributed by atoms with Crippen LogP contribution >= 0.6 is 0 Å². The van der Waals surface area contributed by atoms with Crippen LogP contribution in [-0.4, -0.2) is 200 Å². The number of Topliss-reactive ketones (excluding diaryl/α,β-unsaturated/α-hetero) is 10. The molecule has 141 heavy (non-hydrogen) atoms. The smallest absolute Gasteiger partial charge is 0.311 e. The molecule has 0 radical (unpaired) electrons. The van der Waals surface area contributed by atoms with Gasteiger partial charge in [0, 0.05) is 124 Å². The number of esters is 2. The number of hydrogen-bond acceptors (Lipinski definition) is 22. The molecule has 6 N–H and O–H groups in total. The predicted molar refractivity (Wildman–Crippen MR) is 602 cm³/mol. The van der Waals surface area contributed by atoms with Crippen LogP contribution in [0.25, 0.3) is 0 Å². The highest BCUT2D eigenvalue weighted by Gasteiger charge is 2.44. The van der Waals surface area contributed by atoms with Gasteiger partial charge in [-0.1, -0.05) is 255 Å². The summed E-state index contributed by atoms with van der Waals surface area (Å²) in [6.45, 7) is 129. The lowest BCUT2D eigenvalue weighted by atomic mass is 9.77. The molecule has 22 heteroatoms. The molecule has 0 spiro atoms. The zero-order valence-electron chi connectivity index (χ0n) is 104. The zero-order valence-corrected chi connectivity index (χ0v) is 104. The third-order valence-electron chi connectivity index (χ3n) is 21.9. The van der Waals surface area contributed by atoms with E-state index < -0.39 is 50.0 Å². The highest BCUT2D eigenvalue weighted by molar-refractivity contribution is 6.10. The maximum Gasteiger partial charge on any atom is 0.311 e. The third-order valence-corrected chi connectivity index (χ3v) is 21.9. The summed E-state index contributed by atoms with van der Waals surface area (Å²) >= 11 is 0. The molecule has 0 aliphatic heterocycles. The maximum absolute atomic E-state index is 12.6. The van der Waals surface area contributed by atoms with E-state index in [2.05, 4.69) is 141 Å². The van der Waals surface area contributed by atoms with E-state index in [4.69, 9.17) is 9.47 Å². The van der Waals surface area contributed by atoms with Gasteiger partial charge in [0.2, 0.25) is 0 Å². The summed E-state index contributed by atoms with van der Waals surface area (Å²) in [7, 11) is 0. The van der Waals surface area contributed by atoms with Crippen molar-refractivity contribution in [2.24, 2.45) is 70.4 Å². The summed E-state index contributed by atoms with van der Waals surface area (Å²) < 4.78 is 10.7. The van der Waals surface area contributed by atoms with E-state index in [1.54, 1.807) is 0 Å². The molecule has 0 amide bonds. The van der Waals surface area contributed by atoms with E-state index in [0.717, 1.165) is 38.6 Å². The minimum atomic E-state index is -0.731. The first kappa shape index (κ1) is 152. The van der Waals surface area contributed by atoms with Crippen LogP contribution in [0.2, 0.25) is 0 Å². The molecule has 0 fully saturated rings. The molecule has 0 saturated heterocycles. The van der Waals surface area contributed by atoms with Crippen LogP contribution in [0, 0.1) is 70.4 Å². The van der Waals surface area contributed by atoms with Crippen LogP contribution in [0.5, 0.6) is 0 Å². The molecule has 0 aromatic rings. The Hall–Kier alpha value is -4.68. The van der Waals surface area contributed by atoms with Crippen molar-refractivity contribution in [1.29, 1.82) is 0 Å². The van der Waals surface area contributed by atoms with Crippen LogP contribution in [-0.2, 0) is 67.0 Å². The largest absolute Gasteiger partial charge is 0.464 e. The fraction of sp³-hybridized carbons (Fsp3) is 0.899. The van der Waals surface area contributed by atoms with Crippen molar-refractivity contribution in [3.05, 3.63) is 0 Å². The molecule has 0 saturated carbocycles. The fourth-order valence-electron chi connectivity index (χ4n) is 12.9. The van der Waals surface area contributed by atoms with Crippen molar-refractivity contribution < 1.29 is 67.0 Å². The lowest BCUT2D eigenvalue weighted by Crippen LogP contribution is -2.57.